The molecular weight excluding hydrogens is 252 g/mol. The largest absolute Gasteiger partial charge is 0.502 e. The monoisotopic (exact) mass is 272 g/mol. The zero-order valence-electron chi connectivity index (χ0n) is 12.1. The van der Waals surface area contributed by atoms with Crippen LogP contribution in [0.5, 0.6) is 5.75 Å². The summed E-state index contributed by atoms with van der Waals surface area (Å²) in [5.74, 6) is 0.693. The zero-order chi connectivity index (χ0) is 14.7. The molecule has 0 unspecified atom stereocenters. The van der Waals surface area contributed by atoms with Crippen LogP contribution in [-0.4, -0.2) is 5.11 Å². The van der Waals surface area contributed by atoms with Crippen LogP contribution in [-0.2, 0) is 12.8 Å². The smallest absolute Gasteiger partial charge is 0.379 e. The molecule has 0 amide bonds. The lowest BCUT2D eigenvalue weighted by Gasteiger charge is -2.15. The molecule has 106 valence electrons. The van der Waals surface area contributed by atoms with Crippen molar-refractivity contribution in [3.8, 4) is 17.1 Å². The van der Waals surface area contributed by atoms with Crippen molar-refractivity contribution >= 4 is 0 Å². The summed E-state index contributed by atoms with van der Waals surface area (Å²) in [5, 5.41) is 10.0. The lowest BCUT2D eigenvalue weighted by atomic mass is 9.94. The van der Waals surface area contributed by atoms with Crippen LogP contribution in [0, 0.1) is 5.92 Å². The number of aromatic hydroxyl groups is 1. The van der Waals surface area contributed by atoms with Gasteiger partial charge in [0.2, 0.25) is 5.75 Å². The van der Waals surface area contributed by atoms with Gasteiger partial charge < -0.3 is 9.52 Å². The summed E-state index contributed by atoms with van der Waals surface area (Å²) in [7, 11) is 0. The molecule has 0 atom stereocenters. The van der Waals surface area contributed by atoms with E-state index in [1.165, 1.54) is 0 Å². The minimum Gasteiger partial charge on any atom is -0.502 e. The van der Waals surface area contributed by atoms with Crippen LogP contribution in [0.1, 0.15) is 31.9 Å². The fraction of sp³-hybridized carbons (Fsp3) is 0.353. The molecule has 0 aliphatic heterocycles. The van der Waals surface area contributed by atoms with Gasteiger partial charge in [-0.25, -0.2) is 4.79 Å². The van der Waals surface area contributed by atoms with Crippen LogP contribution < -0.4 is 5.63 Å². The van der Waals surface area contributed by atoms with E-state index in [-0.39, 0.29) is 5.75 Å². The average molecular weight is 272 g/mol. The van der Waals surface area contributed by atoms with Gasteiger partial charge in [-0.1, -0.05) is 51.1 Å². The number of rotatable bonds is 4. The van der Waals surface area contributed by atoms with Crippen molar-refractivity contribution in [2.75, 3.05) is 0 Å². The summed E-state index contributed by atoms with van der Waals surface area (Å²) in [5.41, 5.74) is 1.85. The van der Waals surface area contributed by atoms with Crippen molar-refractivity contribution in [1.29, 1.82) is 0 Å². The van der Waals surface area contributed by atoms with E-state index in [2.05, 4.69) is 13.8 Å². The number of hydrogen-bond acceptors (Lipinski definition) is 3. The summed E-state index contributed by atoms with van der Waals surface area (Å²) < 4.78 is 5.33. The van der Waals surface area contributed by atoms with Gasteiger partial charge in [-0.05, 0) is 18.8 Å². The predicted molar refractivity (Wildman–Crippen MR) is 80.0 cm³/mol. The summed E-state index contributed by atoms with van der Waals surface area (Å²) >= 11 is 0. The van der Waals surface area contributed by atoms with Crippen molar-refractivity contribution < 1.29 is 9.52 Å². The normalized spacial score (nSPS) is 11.0. The summed E-state index contributed by atoms with van der Waals surface area (Å²) in [6.45, 7) is 6.14. The van der Waals surface area contributed by atoms with Gasteiger partial charge in [-0.3, -0.25) is 0 Å². The van der Waals surface area contributed by atoms with E-state index in [0.717, 1.165) is 16.7 Å². The van der Waals surface area contributed by atoms with Crippen LogP contribution in [0.3, 0.4) is 0 Å². The van der Waals surface area contributed by atoms with Gasteiger partial charge in [0.25, 0.3) is 0 Å². The molecule has 0 radical (unpaired) electrons. The third-order valence-electron chi connectivity index (χ3n) is 3.31. The fourth-order valence-electron chi connectivity index (χ4n) is 2.43. The zero-order valence-corrected chi connectivity index (χ0v) is 12.1. The quantitative estimate of drug-likeness (QED) is 0.921. The maximum absolute atomic E-state index is 11.9. The van der Waals surface area contributed by atoms with E-state index in [0.29, 0.717) is 24.5 Å². The molecule has 0 saturated heterocycles. The Balaban J connectivity index is 2.70. The molecule has 0 saturated carbocycles. The number of hydrogen-bond donors (Lipinski definition) is 1. The van der Waals surface area contributed by atoms with Gasteiger partial charge in [0.05, 0.1) is 0 Å². The minimum absolute atomic E-state index is 0.241. The molecule has 0 fully saturated rings. The average Bonchev–Trinajstić information content (AvgIpc) is 2.44. The van der Waals surface area contributed by atoms with Crippen LogP contribution in [0.2, 0.25) is 0 Å². The lowest BCUT2D eigenvalue weighted by Crippen LogP contribution is -2.10. The highest BCUT2D eigenvalue weighted by Crippen LogP contribution is 2.31. The Bertz CT molecular complexity index is 639. The highest BCUT2D eigenvalue weighted by Gasteiger charge is 2.19. The first kappa shape index (κ1) is 14.4. The first-order chi connectivity index (χ1) is 9.54. The van der Waals surface area contributed by atoms with Gasteiger partial charge >= 0.3 is 5.63 Å². The first-order valence-corrected chi connectivity index (χ1v) is 6.97. The highest BCUT2D eigenvalue weighted by molar-refractivity contribution is 5.64. The Morgan fingerprint density at radius 2 is 1.80 bits per heavy atom. The molecule has 3 heteroatoms. The molecule has 0 aliphatic carbocycles. The molecule has 1 aromatic carbocycles. The summed E-state index contributed by atoms with van der Waals surface area (Å²) in [6, 6.07) is 9.55. The Hall–Kier alpha value is -2.03. The molecule has 1 N–H and O–H groups in total. The van der Waals surface area contributed by atoms with Crippen molar-refractivity contribution in [2.24, 2.45) is 5.92 Å². The van der Waals surface area contributed by atoms with Crippen LogP contribution >= 0.6 is 0 Å². The molecule has 0 bridgehead atoms. The van der Waals surface area contributed by atoms with Crippen molar-refractivity contribution in [3.63, 3.8) is 0 Å². The second-order valence-corrected chi connectivity index (χ2v) is 5.34. The predicted octanol–water partition coefficient (Wildman–Crippen LogP) is 3.77. The van der Waals surface area contributed by atoms with E-state index in [1.807, 2.05) is 37.3 Å². The van der Waals surface area contributed by atoms with Crippen molar-refractivity contribution in [3.05, 3.63) is 51.9 Å². The third kappa shape index (κ3) is 2.77. The van der Waals surface area contributed by atoms with Gasteiger partial charge in [-0.15, -0.1) is 0 Å². The van der Waals surface area contributed by atoms with Gasteiger partial charge in [-0.2, -0.15) is 0 Å². The Kier molecular flexibility index (Phi) is 4.28. The Morgan fingerprint density at radius 1 is 1.15 bits per heavy atom. The molecule has 1 heterocycles. The molecule has 0 aliphatic rings. The van der Waals surface area contributed by atoms with E-state index >= 15 is 0 Å². The van der Waals surface area contributed by atoms with Gasteiger partial charge in [0, 0.05) is 16.7 Å². The SMILES string of the molecule is CCc1c(-c2ccccc2)oc(=O)c(O)c1CC(C)C. The maximum atomic E-state index is 11.9. The molecule has 0 spiro atoms. The standard InChI is InChI=1S/C17H20O3/c1-4-13-14(10-11(2)3)15(18)17(19)20-16(13)12-8-6-5-7-9-12/h5-9,11,18H,4,10H2,1-3H3. The van der Waals surface area contributed by atoms with Gasteiger partial charge in [0.1, 0.15) is 5.76 Å². The van der Waals surface area contributed by atoms with E-state index in [9.17, 15) is 9.90 Å². The molecule has 1 aromatic heterocycles. The Morgan fingerprint density at radius 3 is 2.35 bits per heavy atom. The van der Waals surface area contributed by atoms with Crippen molar-refractivity contribution in [1.82, 2.24) is 0 Å². The second kappa shape index (κ2) is 5.95. The fourth-order valence-corrected chi connectivity index (χ4v) is 2.43. The Labute approximate surface area is 118 Å². The van der Waals surface area contributed by atoms with Crippen LogP contribution in [0.25, 0.3) is 11.3 Å². The minimum atomic E-state index is -0.656. The molecule has 2 rings (SSSR count). The van der Waals surface area contributed by atoms with Crippen LogP contribution in [0.4, 0.5) is 0 Å². The molecule has 20 heavy (non-hydrogen) atoms. The van der Waals surface area contributed by atoms with E-state index in [4.69, 9.17) is 4.42 Å². The van der Waals surface area contributed by atoms with Crippen molar-refractivity contribution in [2.45, 2.75) is 33.6 Å². The second-order valence-electron chi connectivity index (χ2n) is 5.34. The molecule has 2 aromatic rings. The topological polar surface area (TPSA) is 50.4 Å². The van der Waals surface area contributed by atoms with E-state index < -0.39 is 5.63 Å². The molecule has 3 nitrogen and oxygen atoms in total. The van der Waals surface area contributed by atoms with Gasteiger partial charge in [0.15, 0.2) is 0 Å². The maximum Gasteiger partial charge on any atom is 0.379 e. The summed E-state index contributed by atoms with van der Waals surface area (Å²) in [4.78, 5) is 11.9. The summed E-state index contributed by atoms with van der Waals surface area (Å²) in [6.07, 6.45) is 1.38. The molecular formula is C17H20O3. The van der Waals surface area contributed by atoms with Crippen LogP contribution in [0.15, 0.2) is 39.5 Å². The number of benzene rings is 1. The lowest BCUT2D eigenvalue weighted by molar-refractivity contribution is 0.403. The third-order valence-corrected chi connectivity index (χ3v) is 3.31. The first-order valence-electron chi connectivity index (χ1n) is 6.97. The van der Waals surface area contributed by atoms with E-state index in [1.54, 1.807) is 0 Å². The highest BCUT2D eigenvalue weighted by atomic mass is 16.4.